The summed E-state index contributed by atoms with van der Waals surface area (Å²) < 4.78 is 10.2. The van der Waals surface area contributed by atoms with E-state index >= 15 is 0 Å². The molecule has 3 N–H and O–H groups in total. The maximum Gasteiger partial charge on any atom is 0.164 e. The van der Waals surface area contributed by atoms with Gasteiger partial charge in [-0.2, -0.15) is 0 Å². The fraction of sp³-hybridized carbons (Fsp3) is 0.417. The van der Waals surface area contributed by atoms with Crippen LogP contribution in [0.4, 0.5) is 0 Å². The molecule has 0 bridgehead atoms. The van der Waals surface area contributed by atoms with E-state index in [0.717, 1.165) is 0 Å². The highest BCUT2D eigenvalue weighted by atomic mass is 35.5. The molecule has 0 aliphatic rings. The minimum absolute atomic E-state index is 0. The molecule has 0 radical (unpaired) electrons. The number of carbonyl (C=O) groups is 1. The fourth-order valence-electron chi connectivity index (χ4n) is 1.43. The van der Waals surface area contributed by atoms with Crippen molar-refractivity contribution in [2.24, 2.45) is 5.73 Å². The van der Waals surface area contributed by atoms with Gasteiger partial charge in [0.2, 0.25) is 0 Å². The quantitative estimate of drug-likeness (QED) is 0.758. The van der Waals surface area contributed by atoms with E-state index in [4.69, 9.17) is 20.3 Å². The van der Waals surface area contributed by atoms with Crippen molar-refractivity contribution in [1.82, 2.24) is 0 Å². The zero-order valence-electron chi connectivity index (χ0n) is 10.4. The summed E-state index contributed by atoms with van der Waals surface area (Å²) in [6, 6.07) is 4.38. The first-order valence-corrected chi connectivity index (χ1v) is 5.24. The largest absolute Gasteiger partial charge is 0.493 e. The Hall–Kier alpha value is -1.30. The molecule has 0 fully saturated rings. The molecule has 5 nitrogen and oxygen atoms in total. The second-order valence-electron chi connectivity index (χ2n) is 3.64. The lowest BCUT2D eigenvalue weighted by atomic mass is 10.0. The molecular weight excluding hydrogens is 258 g/mol. The highest BCUT2D eigenvalue weighted by Crippen LogP contribution is 2.28. The second-order valence-corrected chi connectivity index (χ2v) is 3.64. The summed E-state index contributed by atoms with van der Waals surface area (Å²) in [4.78, 5) is 11.8. The zero-order chi connectivity index (χ0) is 12.8. The number of carbonyl (C=O) groups excluding carboxylic acids is 1. The van der Waals surface area contributed by atoms with Crippen LogP contribution in [0.2, 0.25) is 0 Å². The lowest BCUT2D eigenvalue weighted by Crippen LogP contribution is -2.27. The third-order valence-corrected chi connectivity index (χ3v) is 2.39. The number of hydrogen-bond acceptors (Lipinski definition) is 5. The lowest BCUT2D eigenvalue weighted by Gasteiger charge is -2.10. The molecule has 1 aromatic carbocycles. The normalized spacial score (nSPS) is 11.3. The first-order chi connectivity index (χ1) is 8.12. The van der Waals surface area contributed by atoms with E-state index in [0.29, 0.717) is 17.1 Å². The van der Waals surface area contributed by atoms with Crippen molar-refractivity contribution >= 4 is 18.2 Å². The van der Waals surface area contributed by atoms with Crippen molar-refractivity contribution in [2.45, 2.75) is 12.5 Å². The summed E-state index contributed by atoms with van der Waals surface area (Å²) in [5.74, 6) is 0.930. The van der Waals surface area contributed by atoms with Crippen molar-refractivity contribution in [3.8, 4) is 11.5 Å². The van der Waals surface area contributed by atoms with Gasteiger partial charge in [-0.05, 0) is 18.2 Å². The Morgan fingerprint density at radius 1 is 1.33 bits per heavy atom. The van der Waals surface area contributed by atoms with E-state index in [2.05, 4.69) is 0 Å². The van der Waals surface area contributed by atoms with Crippen LogP contribution < -0.4 is 15.2 Å². The molecule has 1 atom stereocenters. The Kier molecular flexibility index (Phi) is 7.35. The van der Waals surface area contributed by atoms with E-state index < -0.39 is 6.04 Å². The second kappa shape index (κ2) is 7.92. The molecule has 6 heteroatoms. The van der Waals surface area contributed by atoms with Crippen LogP contribution in [0.5, 0.6) is 11.5 Å². The first-order valence-electron chi connectivity index (χ1n) is 5.24. The smallest absolute Gasteiger partial charge is 0.164 e. The van der Waals surface area contributed by atoms with Crippen molar-refractivity contribution in [2.75, 3.05) is 20.8 Å². The van der Waals surface area contributed by atoms with Crippen LogP contribution in [0.15, 0.2) is 18.2 Å². The van der Waals surface area contributed by atoms with Crippen LogP contribution >= 0.6 is 12.4 Å². The molecule has 1 rings (SSSR count). The number of ketones is 1. The van der Waals surface area contributed by atoms with Gasteiger partial charge >= 0.3 is 0 Å². The summed E-state index contributed by atoms with van der Waals surface area (Å²) in [6.45, 7) is -0.209. The van der Waals surface area contributed by atoms with Gasteiger partial charge in [-0.15, -0.1) is 12.4 Å². The topological polar surface area (TPSA) is 81.8 Å². The van der Waals surface area contributed by atoms with Crippen molar-refractivity contribution in [3.63, 3.8) is 0 Å². The van der Waals surface area contributed by atoms with Crippen LogP contribution in [0.3, 0.4) is 0 Å². The third-order valence-electron chi connectivity index (χ3n) is 2.39. The Labute approximate surface area is 112 Å². The van der Waals surface area contributed by atoms with E-state index in [1.54, 1.807) is 18.2 Å². The molecule has 102 valence electrons. The zero-order valence-corrected chi connectivity index (χ0v) is 11.2. The Bertz CT molecular complexity index is 398. The molecule has 1 unspecified atom stereocenters. The number of ether oxygens (including phenoxy) is 2. The summed E-state index contributed by atoms with van der Waals surface area (Å²) in [5.41, 5.74) is 6.00. The molecule has 0 saturated heterocycles. The van der Waals surface area contributed by atoms with Crippen molar-refractivity contribution in [1.29, 1.82) is 0 Å². The Morgan fingerprint density at radius 3 is 2.44 bits per heavy atom. The van der Waals surface area contributed by atoms with Gasteiger partial charge in [0.25, 0.3) is 0 Å². The average Bonchev–Trinajstić information content (AvgIpc) is 2.37. The molecule has 0 spiro atoms. The molecular formula is C12H18ClNO4. The average molecular weight is 276 g/mol. The van der Waals surface area contributed by atoms with Gasteiger partial charge in [0.05, 0.1) is 20.8 Å². The first kappa shape index (κ1) is 16.7. The third kappa shape index (κ3) is 4.18. The minimum atomic E-state index is -0.532. The number of Topliss-reactive ketones (excluding diaryl/α,β-unsaturated/α-hetero) is 1. The van der Waals surface area contributed by atoms with Crippen molar-refractivity contribution < 1.29 is 19.4 Å². The van der Waals surface area contributed by atoms with Crippen LogP contribution in [0.1, 0.15) is 16.8 Å². The molecule has 0 amide bonds. The number of halogens is 1. The Morgan fingerprint density at radius 2 is 1.94 bits per heavy atom. The number of aliphatic hydroxyl groups is 1. The maximum atomic E-state index is 11.8. The molecule has 0 aliphatic carbocycles. The van der Waals surface area contributed by atoms with E-state index in [1.807, 2.05) is 0 Å². The number of nitrogens with two attached hydrogens (primary N) is 1. The monoisotopic (exact) mass is 275 g/mol. The van der Waals surface area contributed by atoms with E-state index in [1.165, 1.54) is 14.2 Å². The van der Waals surface area contributed by atoms with Crippen LogP contribution in [-0.2, 0) is 0 Å². The predicted octanol–water partition coefficient (Wildman–Crippen LogP) is 1.02. The number of aliphatic hydroxyl groups excluding tert-OH is 1. The number of rotatable bonds is 6. The minimum Gasteiger partial charge on any atom is -0.493 e. The molecule has 1 aromatic rings. The summed E-state index contributed by atoms with van der Waals surface area (Å²) in [7, 11) is 3.03. The molecule has 0 aliphatic heterocycles. The molecule has 18 heavy (non-hydrogen) atoms. The lowest BCUT2D eigenvalue weighted by molar-refractivity contribution is 0.0961. The van der Waals surface area contributed by atoms with Crippen molar-refractivity contribution in [3.05, 3.63) is 23.8 Å². The Balaban J connectivity index is 0.00000289. The van der Waals surface area contributed by atoms with Crippen LogP contribution in [0, 0.1) is 0 Å². The summed E-state index contributed by atoms with van der Waals surface area (Å²) >= 11 is 0. The molecule has 0 saturated carbocycles. The van der Waals surface area contributed by atoms with Crippen LogP contribution in [-0.4, -0.2) is 37.8 Å². The van der Waals surface area contributed by atoms with Gasteiger partial charge in [0, 0.05) is 18.0 Å². The fourth-order valence-corrected chi connectivity index (χ4v) is 1.43. The molecule has 0 heterocycles. The van der Waals surface area contributed by atoms with Gasteiger partial charge in [-0.1, -0.05) is 0 Å². The van der Waals surface area contributed by atoms with Gasteiger partial charge in [-0.3, -0.25) is 4.79 Å². The maximum absolute atomic E-state index is 11.8. The van der Waals surface area contributed by atoms with Gasteiger partial charge in [0.1, 0.15) is 0 Å². The standard InChI is InChI=1S/C12H17NO4.ClH/c1-16-11-4-3-8(5-12(11)17-2)10(15)6-9(13)7-14;/h3-5,9,14H,6-7,13H2,1-2H3;1H. The summed E-state index contributed by atoms with van der Waals surface area (Å²) in [6.07, 6.45) is 0.103. The number of methoxy groups -OCH3 is 2. The highest BCUT2D eigenvalue weighted by molar-refractivity contribution is 5.97. The van der Waals surface area contributed by atoms with Gasteiger partial charge in [0.15, 0.2) is 17.3 Å². The number of benzene rings is 1. The molecule has 0 aromatic heterocycles. The predicted molar refractivity (Wildman–Crippen MR) is 70.8 cm³/mol. The van der Waals surface area contributed by atoms with Gasteiger partial charge in [-0.25, -0.2) is 0 Å². The SMILES string of the molecule is COc1ccc(C(=O)CC(N)CO)cc1OC.Cl. The highest BCUT2D eigenvalue weighted by Gasteiger charge is 2.13. The van der Waals surface area contributed by atoms with Gasteiger partial charge < -0.3 is 20.3 Å². The summed E-state index contributed by atoms with van der Waals surface area (Å²) in [5, 5.41) is 8.79. The van der Waals surface area contributed by atoms with Crippen LogP contribution in [0.25, 0.3) is 0 Å². The van der Waals surface area contributed by atoms with E-state index in [9.17, 15) is 4.79 Å². The van der Waals surface area contributed by atoms with E-state index in [-0.39, 0.29) is 31.2 Å². The number of hydrogen-bond donors (Lipinski definition) is 2.